The van der Waals surface area contributed by atoms with Crippen molar-refractivity contribution in [1.82, 2.24) is 20.0 Å². The molecule has 0 bridgehead atoms. The molecule has 2 heterocycles. The van der Waals surface area contributed by atoms with E-state index in [1.807, 2.05) is 13.0 Å². The van der Waals surface area contributed by atoms with Crippen molar-refractivity contribution in [2.24, 2.45) is 5.92 Å². The third-order valence-corrected chi connectivity index (χ3v) is 8.25. The molecule has 40 heavy (non-hydrogen) atoms. The summed E-state index contributed by atoms with van der Waals surface area (Å²) in [5.74, 6) is -0.264. The molecule has 0 radical (unpaired) electrons. The fraction of sp³-hybridized carbons (Fsp3) is 0.367. The van der Waals surface area contributed by atoms with Gasteiger partial charge in [0.05, 0.1) is 36.6 Å². The van der Waals surface area contributed by atoms with Gasteiger partial charge in [-0.15, -0.1) is 0 Å². The quantitative estimate of drug-likeness (QED) is 0.346. The van der Waals surface area contributed by atoms with E-state index in [9.17, 15) is 14.0 Å². The first-order valence-electron chi connectivity index (χ1n) is 13.4. The van der Waals surface area contributed by atoms with Gasteiger partial charge in [0, 0.05) is 16.6 Å². The maximum absolute atomic E-state index is 13.8. The number of aromatic nitrogens is 2. The highest BCUT2D eigenvalue weighted by atomic mass is 35.5. The highest BCUT2D eigenvalue weighted by Gasteiger charge is 2.35. The maximum Gasteiger partial charge on any atom is 0.410 e. The number of carbonyl (C=O) groups excluding carboxylic acids is 2. The molecule has 0 saturated heterocycles. The summed E-state index contributed by atoms with van der Waals surface area (Å²) >= 11 is 12.8. The summed E-state index contributed by atoms with van der Waals surface area (Å²) in [7, 11) is 1.32. The fourth-order valence-corrected chi connectivity index (χ4v) is 6.12. The summed E-state index contributed by atoms with van der Waals surface area (Å²) in [4.78, 5) is 28.0. The lowest BCUT2D eigenvalue weighted by Gasteiger charge is -2.29. The number of nitrogens with zero attached hydrogens (tertiary/aromatic N) is 3. The topological polar surface area (TPSA) is 76.5 Å². The highest BCUT2D eigenvalue weighted by Crippen LogP contribution is 2.36. The molecule has 1 aliphatic carbocycles. The Morgan fingerprint density at radius 3 is 2.50 bits per heavy atom. The Morgan fingerprint density at radius 2 is 1.82 bits per heavy atom. The van der Waals surface area contributed by atoms with Crippen molar-refractivity contribution < 1.29 is 18.7 Å². The lowest BCUT2D eigenvalue weighted by molar-refractivity contribution is 0.0909. The molecule has 0 unspecified atom stereocenters. The first-order valence-corrected chi connectivity index (χ1v) is 14.2. The molecule has 1 saturated carbocycles. The predicted octanol–water partition coefficient (Wildman–Crippen LogP) is 7.14. The number of carbonyl (C=O) groups is 2. The van der Waals surface area contributed by atoms with Gasteiger partial charge in [0.2, 0.25) is 0 Å². The molecule has 1 aliphatic heterocycles. The molecule has 1 aromatic heterocycles. The summed E-state index contributed by atoms with van der Waals surface area (Å²) < 4.78 is 20.3. The number of benzene rings is 2. The third kappa shape index (κ3) is 5.88. The number of ether oxygens (including phenoxy) is 1. The van der Waals surface area contributed by atoms with E-state index in [1.54, 1.807) is 35.0 Å². The van der Waals surface area contributed by atoms with Gasteiger partial charge in [-0.05, 0) is 73.2 Å². The second kappa shape index (κ2) is 12.0. The number of halogens is 3. The Bertz CT molecular complexity index is 1450. The van der Waals surface area contributed by atoms with Crippen LogP contribution in [0.5, 0.6) is 0 Å². The standard InChI is InChI=1S/C30H31Cl2FN4O3/c1-18(20-6-4-3-5-7-20)34-29(38)27-24-17-36(30(39)40-2)16-21(14-19-8-11-23(33)12-9-19)28(24)37(35-27)26-13-10-22(31)15-25(26)32/h8-15,18,20H,3-7,16-17H2,1-2H3,(H,34,38)/t18-/m0/s1. The van der Waals surface area contributed by atoms with E-state index in [4.69, 9.17) is 33.0 Å². The summed E-state index contributed by atoms with van der Waals surface area (Å²) in [5, 5.41) is 8.77. The van der Waals surface area contributed by atoms with Crippen LogP contribution in [-0.2, 0) is 11.3 Å². The van der Waals surface area contributed by atoms with Gasteiger partial charge in [-0.2, -0.15) is 5.10 Å². The predicted molar refractivity (Wildman–Crippen MR) is 154 cm³/mol. The van der Waals surface area contributed by atoms with Crippen LogP contribution in [0.3, 0.4) is 0 Å². The minimum Gasteiger partial charge on any atom is -0.453 e. The zero-order chi connectivity index (χ0) is 28.4. The van der Waals surface area contributed by atoms with Crippen molar-refractivity contribution in [2.45, 2.75) is 51.6 Å². The zero-order valence-corrected chi connectivity index (χ0v) is 23.9. The van der Waals surface area contributed by atoms with Gasteiger partial charge in [-0.1, -0.05) is 54.6 Å². The van der Waals surface area contributed by atoms with Crippen LogP contribution in [0.15, 0.2) is 42.5 Å². The van der Waals surface area contributed by atoms with Crippen LogP contribution in [0.4, 0.5) is 9.18 Å². The molecule has 3 aromatic rings. The Labute approximate surface area is 242 Å². The van der Waals surface area contributed by atoms with Gasteiger partial charge >= 0.3 is 6.09 Å². The molecule has 0 spiro atoms. The SMILES string of the molecule is COC(=O)N1CC(=Cc2ccc(F)cc2)c2c(c(C(=O)N[C@@H](C)C3CCCCC3)nn2-c2ccc(Cl)cc2Cl)C1. The van der Waals surface area contributed by atoms with Crippen molar-refractivity contribution in [3.8, 4) is 5.69 Å². The Hall–Kier alpha value is -3.36. The van der Waals surface area contributed by atoms with Crippen LogP contribution in [0.25, 0.3) is 17.3 Å². The van der Waals surface area contributed by atoms with Crippen LogP contribution >= 0.6 is 23.2 Å². The van der Waals surface area contributed by atoms with Gasteiger partial charge in [-0.25, -0.2) is 13.9 Å². The number of nitrogens with one attached hydrogen (secondary N) is 1. The van der Waals surface area contributed by atoms with Crippen LogP contribution in [-0.4, -0.2) is 46.4 Å². The van der Waals surface area contributed by atoms with Crippen LogP contribution in [0.1, 0.15) is 66.3 Å². The van der Waals surface area contributed by atoms with Crippen LogP contribution in [0.2, 0.25) is 10.0 Å². The number of amides is 2. The summed E-state index contributed by atoms with van der Waals surface area (Å²) in [5.41, 5.74) is 3.38. The fourth-order valence-electron chi connectivity index (χ4n) is 5.63. The van der Waals surface area contributed by atoms with Crippen molar-refractivity contribution in [1.29, 1.82) is 0 Å². The number of methoxy groups -OCH3 is 1. The normalized spacial score (nSPS) is 17.4. The van der Waals surface area contributed by atoms with Crippen molar-refractivity contribution in [3.05, 3.63) is 80.8 Å². The molecule has 1 atom stereocenters. The minimum absolute atomic E-state index is 0.0257. The average molecular weight is 586 g/mol. The van der Waals surface area contributed by atoms with Gasteiger partial charge in [0.15, 0.2) is 5.69 Å². The Morgan fingerprint density at radius 1 is 1.10 bits per heavy atom. The molecule has 1 N–H and O–H groups in total. The summed E-state index contributed by atoms with van der Waals surface area (Å²) in [6.07, 6.45) is 7.02. The third-order valence-electron chi connectivity index (χ3n) is 7.71. The van der Waals surface area contributed by atoms with E-state index in [0.717, 1.165) is 31.2 Å². The molecular formula is C30H31Cl2FN4O3. The van der Waals surface area contributed by atoms with Gasteiger partial charge in [-0.3, -0.25) is 9.69 Å². The van der Waals surface area contributed by atoms with Crippen LogP contribution < -0.4 is 5.32 Å². The average Bonchev–Trinajstić information content (AvgIpc) is 3.34. The molecule has 10 heteroatoms. The molecular weight excluding hydrogens is 554 g/mol. The van der Waals surface area contributed by atoms with Crippen LogP contribution in [0, 0.1) is 11.7 Å². The molecule has 2 aliphatic rings. The lowest BCUT2D eigenvalue weighted by atomic mass is 9.84. The maximum atomic E-state index is 13.8. The Balaban J connectivity index is 1.64. The highest BCUT2D eigenvalue weighted by molar-refractivity contribution is 6.35. The Kier molecular flexibility index (Phi) is 8.47. The molecule has 7 nitrogen and oxygen atoms in total. The number of hydrogen-bond acceptors (Lipinski definition) is 4. The molecule has 2 aromatic carbocycles. The van der Waals surface area contributed by atoms with Crippen molar-refractivity contribution >= 4 is 46.9 Å². The second-order valence-corrected chi connectivity index (χ2v) is 11.2. The lowest BCUT2D eigenvalue weighted by Crippen LogP contribution is -2.40. The van der Waals surface area contributed by atoms with Gasteiger partial charge < -0.3 is 10.1 Å². The van der Waals surface area contributed by atoms with Crippen molar-refractivity contribution in [3.63, 3.8) is 0 Å². The molecule has 2 amide bonds. The van der Waals surface area contributed by atoms with E-state index in [2.05, 4.69) is 5.32 Å². The van der Waals surface area contributed by atoms with E-state index in [1.165, 1.54) is 30.6 Å². The summed E-state index contributed by atoms with van der Waals surface area (Å²) in [6.45, 7) is 2.34. The van der Waals surface area contributed by atoms with Crippen molar-refractivity contribution in [2.75, 3.05) is 13.7 Å². The molecule has 210 valence electrons. The number of rotatable bonds is 5. The number of fused-ring (bicyclic) bond motifs is 1. The van der Waals surface area contributed by atoms with E-state index < -0.39 is 6.09 Å². The molecule has 1 fully saturated rings. The monoisotopic (exact) mass is 584 g/mol. The second-order valence-electron chi connectivity index (χ2n) is 10.4. The van der Waals surface area contributed by atoms with E-state index in [0.29, 0.717) is 38.5 Å². The minimum atomic E-state index is -0.533. The first-order chi connectivity index (χ1) is 19.2. The summed E-state index contributed by atoms with van der Waals surface area (Å²) in [6, 6.07) is 11.1. The first kappa shape index (κ1) is 28.2. The van der Waals surface area contributed by atoms with Gasteiger partial charge in [0.25, 0.3) is 5.91 Å². The molecule has 5 rings (SSSR count). The van der Waals surface area contributed by atoms with E-state index >= 15 is 0 Å². The zero-order valence-electron chi connectivity index (χ0n) is 22.4. The number of hydrogen-bond donors (Lipinski definition) is 1. The van der Waals surface area contributed by atoms with E-state index in [-0.39, 0.29) is 36.5 Å². The smallest absolute Gasteiger partial charge is 0.410 e. The van der Waals surface area contributed by atoms with Gasteiger partial charge in [0.1, 0.15) is 5.82 Å². The largest absolute Gasteiger partial charge is 0.453 e.